The van der Waals surface area contributed by atoms with Gasteiger partial charge in [-0.1, -0.05) is 11.6 Å². The van der Waals surface area contributed by atoms with Crippen molar-refractivity contribution < 1.29 is 19.0 Å². The van der Waals surface area contributed by atoms with Crippen molar-refractivity contribution in [3.63, 3.8) is 0 Å². The molecule has 0 spiro atoms. The van der Waals surface area contributed by atoms with Gasteiger partial charge in [-0.3, -0.25) is 0 Å². The summed E-state index contributed by atoms with van der Waals surface area (Å²) in [5.74, 6) is 3.02. The van der Waals surface area contributed by atoms with Gasteiger partial charge >= 0.3 is 5.97 Å². The molecule has 1 aliphatic heterocycles. The molecule has 19 heavy (non-hydrogen) atoms. The largest absolute Gasteiger partial charge is 0.462 e. The van der Waals surface area contributed by atoms with Crippen molar-refractivity contribution in [2.75, 3.05) is 13.4 Å². The van der Waals surface area contributed by atoms with Gasteiger partial charge in [-0.25, -0.2) is 4.79 Å². The van der Waals surface area contributed by atoms with Crippen LogP contribution in [0.1, 0.15) is 12.0 Å². The third-order valence-electron chi connectivity index (χ3n) is 2.35. The molecule has 0 aromatic heterocycles. The van der Waals surface area contributed by atoms with E-state index in [1.165, 1.54) is 6.08 Å². The summed E-state index contributed by atoms with van der Waals surface area (Å²) in [4.78, 5) is 11.3. The van der Waals surface area contributed by atoms with Gasteiger partial charge in [-0.15, -0.1) is 12.3 Å². The maximum absolute atomic E-state index is 11.3. The Labute approximate surface area is 115 Å². The van der Waals surface area contributed by atoms with Gasteiger partial charge in [0.1, 0.15) is 6.61 Å². The maximum Gasteiger partial charge on any atom is 0.330 e. The fourth-order valence-corrected chi connectivity index (χ4v) is 1.78. The molecule has 0 amide bonds. The second kappa shape index (κ2) is 6.17. The lowest BCUT2D eigenvalue weighted by Gasteiger charge is -2.01. The molecule has 0 bridgehead atoms. The molecule has 2 rings (SSSR count). The summed E-state index contributed by atoms with van der Waals surface area (Å²) < 4.78 is 15.3. The zero-order chi connectivity index (χ0) is 13.7. The first kappa shape index (κ1) is 13.3. The van der Waals surface area contributed by atoms with Crippen LogP contribution in [0.25, 0.3) is 6.08 Å². The summed E-state index contributed by atoms with van der Waals surface area (Å²) in [5.41, 5.74) is 0.725. The van der Waals surface area contributed by atoms with Gasteiger partial charge in [0.15, 0.2) is 11.5 Å². The fraction of sp³-hybridized carbons (Fsp3) is 0.214. The Balaban J connectivity index is 2.02. The van der Waals surface area contributed by atoms with Gasteiger partial charge in [-0.05, 0) is 23.8 Å². The van der Waals surface area contributed by atoms with Gasteiger partial charge in [0.2, 0.25) is 6.79 Å². The number of carbonyl (C=O) groups excluding carboxylic acids is 1. The summed E-state index contributed by atoms with van der Waals surface area (Å²) >= 11 is 6.02. The topological polar surface area (TPSA) is 44.8 Å². The van der Waals surface area contributed by atoms with Crippen LogP contribution in [-0.2, 0) is 9.53 Å². The molecule has 0 saturated heterocycles. The van der Waals surface area contributed by atoms with Crippen LogP contribution in [0.5, 0.6) is 11.5 Å². The molecule has 0 radical (unpaired) electrons. The first-order valence-electron chi connectivity index (χ1n) is 5.58. The Kier molecular flexibility index (Phi) is 4.32. The average Bonchev–Trinajstić information content (AvgIpc) is 2.85. The molecular formula is C14H11ClO4. The number of hydrogen-bond acceptors (Lipinski definition) is 4. The van der Waals surface area contributed by atoms with Crippen LogP contribution in [0, 0.1) is 12.3 Å². The van der Waals surface area contributed by atoms with Crippen molar-refractivity contribution in [2.45, 2.75) is 6.42 Å². The van der Waals surface area contributed by atoms with Crippen LogP contribution >= 0.6 is 11.6 Å². The summed E-state index contributed by atoms with van der Waals surface area (Å²) in [7, 11) is 0. The second-order valence-corrected chi connectivity index (χ2v) is 4.10. The Hall–Kier alpha value is -2.12. The highest BCUT2D eigenvalue weighted by Gasteiger charge is 2.17. The van der Waals surface area contributed by atoms with E-state index in [1.54, 1.807) is 18.2 Å². The predicted octanol–water partition coefficient (Wildman–Crippen LogP) is 2.65. The molecule has 1 aliphatic rings. The fourth-order valence-electron chi connectivity index (χ4n) is 1.51. The van der Waals surface area contributed by atoms with E-state index in [9.17, 15) is 4.79 Å². The number of hydrogen-bond donors (Lipinski definition) is 0. The molecule has 1 heterocycles. The van der Waals surface area contributed by atoms with Crippen molar-refractivity contribution in [2.24, 2.45) is 0 Å². The minimum absolute atomic E-state index is 0.149. The molecule has 0 saturated carbocycles. The number of esters is 1. The lowest BCUT2D eigenvalue weighted by Crippen LogP contribution is -2.01. The van der Waals surface area contributed by atoms with E-state index in [0.29, 0.717) is 22.9 Å². The van der Waals surface area contributed by atoms with E-state index < -0.39 is 5.97 Å². The summed E-state index contributed by atoms with van der Waals surface area (Å²) in [6.45, 7) is 0.359. The lowest BCUT2D eigenvalue weighted by atomic mass is 10.2. The summed E-state index contributed by atoms with van der Waals surface area (Å²) in [6, 6.07) is 3.42. The molecule has 1 aromatic carbocycles. The van der Waals surface area contributed by atoms with Gasteiger partial charge in [0.25, 0.3) is 0 Å². The molecule has 1 aromatic rings. The third kappa shape index (κ3) is 3.43. The molecule has 4 nitrogen and oxygen atoms in total. The predicted molar refractivity (Wildman–Crippen MR) is 71.0 cm³/mol. The highest BCUT2D eigenvalue weighted by atomic mass is 35.5. The van der Waals surface area contributed by atoms with Gasteiger partial charge < -0.3 is 14.2 Å². The summed E-state index contributed by atoms with van der Waals surface area (Å²) in [6.07, 6.45) is 8.35. The SMILES string of the molecule is C#CCCOC(=O)C=Cc1cc(Cl)c2c(c1)OCO2. The second-order valence-electron chi connectivity index (χ2n) is 3.69. The first-order chi connectivity index (χ1) is 9.20. The smallest absolute Gasteiger partial charge is 0.330 e. The van der Waals surface area contributed by atoms with E-state index >= 15 is 0 Å². The first-order valence-corrected chi connectivity index (χ1v) is 5.96. The standard InChI is InChI=1S/C14H11ClO4/c1-2-3-6-17-13(16)5-4-10-7-11(15)14-12(8-10)18-9-19-14/h1,4-5,7-8H,3,6,9H2. The van der Waals surface area contributed by atoms with Crippen LogP contribution in [0.4, 0.5) is 0 Å². The van der Waals surface area contributed by atoms with Crippen molar-refractivity contribution in [3.05, 3.63) is 28.8 Å². The van der Waals surface area contributed by atoms with Gasteiger partial charge in [0, 0.05) is 12.5 Å². The van der Waals surface area contributed by atoms with E-state index in [0.717, 1.165) is 5.56 Å². The number of rotatable bonds is 4. The lowest BCUT2D eigenvalue weighted by molar-refractivity contribution is -0.137. The Bertz CT molecular complexity index is 557. The Morgan fingerprint density at radius 2 is 2.37 bits per heavy atom. The number of halogens is 1. The van der Waals surface area contributed by atoms with E-state index in [4.69, 9.17) is 32.2 Å². The van der Waals surface area contributed by atoms with E-state index in [1.807, 2.05) is 0 Å². The molecule has 0 N–H and O–H groups in total. The quantitative estimate of drug-likeness (QED) is 0.368. The Morgan fingerprint density at radius 3 is 3.16 bits per heavy atom. The van der Waals surface area contributed by atoms with Crippen LogP contribution in [0.3, 0.4) is 0 Å². The zero-order valence-electron chi connectivity index (χ0n) is 10.0. The molecular weight excluding hydrogens is 268 g/mol. The van der Waals surface area contributed by atoms with E-state index in [2.05, 4.69) is 5.92 Å². The maximum atomic E-state index is 11.3. The van der Waals surface area contributed by atoms with Gasteiger partial charge in [-0.2, -0.15) is 0 Å². The molecule has 0 fully saturated rings. The molecule has 98 valence electrons. The third-order valence-corrected chi connectivity index (χ3v) is 2.63. The summed E-state index contributed by atoms with van der Waals surface area (Å²) in [5, 5.41) is 0.440. The molecule has 5 heteroatoms. The molecule has 0 aliphatic carbocycles. The highest BCUT2D eigenvalue weighted by molar-refractivity contribution is 6.32. The van der Waals surface area contributed by atoms with E-state index in [-0.39, 0.29) is 13.4 Å². The van der Waals surface area contributed by atoms with Gasteiger partial charge in [0.05, 0.1) is 5.02 Å². The van der Waals surface area contributed by atoms with Crippen molar-refractivity contribution in [1.29, 1.82) is 0 Å². The minimum Gasteiger partial charge on any atom is -0.462 e. The van der Waals surface area contributed by atoms with Crippen LogP contribution in [-0.4, -0.2) is 19.4 Å². The van der Waals surface area contributed by atoms with Crippen LogP contribution < -0.4 is 9.47 Å². The highest BCUT2D eigenvalue weighted by Crippen LogP contribution is 2.39. The number of terminal acetylenes is 1. The minimum atomic E-state index is -0.455. The molecule has 0 atom stereocenters. The van der Waals surface area contributed by atoms with Crippen molar-refractivity contribution in [1.82, 2.24) is 0 Å². The van der Waals surface area contributed by atoms with Crippen molar-refractivity contribution in [3.8, 4) is 23.8 Å². The number of fused-ring (bicyclic) bond motifs is 1. The average molecular weight is 279 g/mol. The number of benzene rings is 1. The van der Waals surface area contributed by atoms with Crippen molar-refractivity contribution >= 4 is 23.6 Å². The number of carbonyl (C=O) groups is 1. The normalized spacial score (nSPS) is 12.4. The zero-order valence-corrected chi connectivity index (χ0v) is 10.8. The Morgan fingerprint density at radius 1 is 1.53 bits per heavy atom. The van der Waals surface area contributed by atoms with Crippen LogP contribution in [0.15, 0.2) is 18.2 Å². The monoisotopic (exact) mass is 278 g/mol. The number of ether oxygens (including phenoxy) is 3. The van der Waals surface area contributed by atoms with Crippen LogP contribution in [0.2, 0.25) is 5.02 Å². The molecule has 0 unspecified atom stereocenters.